The zero-order valence-corrected chi connectivity index (χ0v) is 11.0. The zero-order valence-electron chi connectivity index (χ0n) is 11.0. The Bertz CT molecular complexity index is 546. The standard InChI is InChI=1S/C15H15NO3/c1-4-9-19-13-7-5-12(6-8-13)16-14(17)10(2)11(3)15(16)18/h4-8H,1,9H2,2-3H3. The molecule has 0 saturated heterocycles. The van der Waals surface area contributed by atoms with E-state index in [1.165, 1.54) is 4.90 Å². The first kappa shape index (κ1) is 13.1. The summed E-state index contributed by atoms with van der Waals surface area (Å²) < 4.78 is 5.35. The number of ether oxygens (including phenoxy) is 1. The maximum Gasteiger partial charge on any atom is 0.261 e. The highest BCUT2D eigenvalue weighted by Crippen LogP contribution is 2.27. The van der Waals surface area contributed by atoms with Crippen molar-refractivity contribution in [3.8, 4) is 5.75 Å². The summed E-state index contributed by atoms with van der Waals surface area (Å²) in [5.74, 6) is 0.147. The van der Waals surface area contributed by atoms with Crippen LogP contribution in [0.1, 0.15) is 13.8 Å². The van der Waals surface area contributed by atoms with E-state index in [4.69, 9.17) is 4.74 Å². The largest absolute Gasteiger partial charge is 0.490 e. The van der Waals surface area contributed by atoms with Gasteiger partial charge in [0.2, 0.25) is 0 Å². The van der Waals surface area contributed by atoms with Gasteiger partial charge in [-0.2, -0.15) is 0 Å². The molecule has 0 bridgehead atoms. The summed E-state index contributed by atoms with van der Waals surface area (Å²) in [6.45, 7) is 7.31. The highest BCUT2D eigenvalue weighted by atomic mass is 16.5. The van der Waals surface area contributed by atoms with Crippen molar-refractivity contribution in [2.75, 3.05) is 11.5 Å². The van der Waals surface area contributed by atoms with Crippen molar-refractivity contribution in [1.29, 1.82) is 0 Å². The first-order valence-electron chi connectivity index (χ1n) is 5.96. The molecule has 0 N–H and O–H groups in total. The second-order valence-corrected chi connectivity index (χ2v) is 4.29. The zero-order chi connectivity index (χ0) is 14.0. The van der Waals surface area contributed by atoms with Crippen molar-refractivity contribution in [3.63, 3.8) is 0 Å². The number of hydrogen-bond acceptors (Lipinski definition) is 3. The van der Waals surface area contributed by atoms with E-state index in [-0.39, 0.29) is 11.8 Å². The summed E-state index contributed by atoms with van der Waals surface area (Å²) >= 11 is 0. The fourth-order valence-electron chi connectivity index (χ4n) is 1.83. The van der Waals surface area contributed by atoms with E-state index < -0.39 is 0 Å². The molecule has 0 saturated carbocycles. The van der Waals surface area contributed by atoms with Gasteiger partial charge in [0, 0.05) is 11.1 Å². The molecule has 0 spiro atoms. The van der Waals surface area contributed by atoms with Crippen LogP contribution >= 0.6 is 0 Å². The Morgan fingerprint density at radius 1 is 1.11 bits per heavy atom. The van der Waals surface area contributed by atoms with Gasteiger partial charge in [-0.15, -0.1) is 0 Å². The lowest BCUT2D eigenvalue weighted by atomic mass is 10.2. The van der Waals surface area contributed by atoms with E-state index in [9.17, 15) is 9.59 Å². The molecule has 0 fully saturated rings. The molecule has 4 heteroatoms. The minimum atomic E-state index is -0.262. The number of carbonyl (C=O) groups excluding carboxylic acids is 2. The van der Waals surface area contributed by atoms with Crippen molar-refractivity contribution in [2.45, 2.75) is 13.8 Å². The van der Waals surface area contributed by atoms with Crippen LogP contribution in [0, 0.1) is 0 Å². The van der Waals surface area contributed by atoms with Gasteiger partial charge in [-0.3, -0.25) is 9.59 Å². The number of carbonyl (C=O) groups is 2. The molecule has 2 amide bonds. The monoisotopic (exact) mass is 257 g/mol. The van der Waals surface area contributed by atoms with Gasteiger partial charge in [0.05, 0.1) is 5.69 Å². The van der Waals surface area contributed by atoms with E-state index in [1.54, 1.807) is 44.2 Å². The van der Waals surface area contributed by atoms with Crippen LogP contribution in [0.2, 0.25) is 0 Å². The molecule has 19 heavy (non-hydrogen) atoms. The van der Waals surface area contributed by atoms with E-state index in [1.807, 2.05) is 0 Å². The van der Waals surface area contributed by atoms with Crippen LogP contribution in [0.25, 0.3) is 0 Å². The Kier molecular flexibility index (Phi) is 3.51. The highest BCUT2D eigenvalue weighted by Gasteiger charge is 2.34. The number of amides is 2. The quantitative estimate of drug-likeness (QED) is 0.615. The molecule has 0 atom stereocenters. The normalized spacial score (nSPS) is 15.2. The second kappa shape index (κ2) is 5.10. The summed E-state index contributed by atoms with van der Waals surface area (Å²) in [6, 6.07) is 6.84. The third kappa shape index (κ3) is 2.29. The number of hydrogen-bond donors (Lipinski definition) is 0. The Morgan fingerprint density at radius 2 is 1.63 bits per heavy atom. The minimum Gasteiger partial charge on any atom is -0.490 e. The van der Waals surface area contributed by atoms with Crippen LogP contribution < -0.4 is 9.64 Å². The van der Waals surface area contributed by atoms with Gasteiger partial charge in [0.1, 0.15) is 12.4 Å². The van der Waals surface area contributed by atoms with Crippen LogP contribution in [0.4, 0.5) is 5.69 Å². The lowest BCUT2D eigenvalue weighted by Crippen LogP contribution is -2.31. The maximum atomic E-state index is 12.0. The lowest BCUT2D eigenvalue weighted by Gasteiger charge is -2.15. The fraction of sp³-hybridized carbons (Fsp3) is 0.200. The van der Waals surface area contributed by atoms with Gasteiger partial charge in [-0.05, 0) is 38.1 Å². The molecule has 1 aromatic rings. The van der Waals surface area contributed by atoms with Crippen LogP contribution in [0.15, 0.2) is 48.1 Å². The maximum absolute atomic E-state index is 12.0. The molecule has 1 aliphatic rings. The smallest absolute Gasteiger partial charge is 0.261 e. The molecule has 1 aromatic carbocycles. The topological polar surface area (TPSA) is 46.6 Å². The Hall–Kier alpha value is -2.36. The molecular formula is C15H15NO3. The van der Waals surface area contributed by atoms with Crippen molar-refractivity contribution in [3.05, 3.63) is 48.1 Å². The van der Waals surface area contributed by atoms with Gasteiger partial charge in [-0.25, -0.2) is 4.90 Å². The predicted octanol–water partition coefficient (Wildman–Crippen LogP) is 2.46. The summed E-state index contributed by atoms with van der Waals surface area (Å²) in [7, 11) is 0. The van der Waals surface area contributed by atoms with Crippen LogP contribution in [-0.2, 0) is 9.59 Å². The van der Waals surface area contributed by atoms with Gasteiger partial charge < -0.3 is 4.74 Å². The van der Waals surface area contributed by atoms with E-state index in [0.717, 1.165) is 0 Å². The van der Waals surface area contributed by atoms with E-state index in [0.29, 0.717) is 29.2 Å². The molecule has 0 unspecified atom stereocenters. The third-order valence-electron chi connectivity index (χ3n) is 3.07. The third-order valence-corrected chi connectivity index (χ3v) is 3.07. The average Bonchev–Trinajstić information content (AvgIpc) is 2.62. The molecule has 0 aliphatic carbocycles. The van der Waals surface area contributed by atoms with Gasteiger partial charge in [0.25, 0.3) is 11.8 Å². The molecule has 98 valence electrons. The molecule has 0 radical (unpaired) electrons. The number of benzene rings is 1. The Balaban J connectivity index is 2.22. The van der Waals surface area contributed by atoms with E-state index in [2.05, 4.69) is 6.58 Å². The Labute approximate surface area is 112 Å². The molecule has 2 rings (SSSR count). The summed E-state index contributed by atoms with van der Waals surface area (Å²) in [5.41, 5.74) is 1.55. The molecule has 4 nitrogen and oxygen atoms in total. The van der Waals surface area contributed by atoms with E-state index >= 15 is 0 Å². The summed E-state index contributed by atoms with van der Waals surface area (Å²) in [5, 5.41) is 0. The number of nitrogens with zero attached hydrogens (tertiary/aromatic N) is 1. The summed E-state index contributed by atoms with van der Waals surface area (Å²) in [4.78, 5) is 25.2. The number of imide groups is 1. The van der Waals surface area contributed by atoms with Gasteiger partial charge in [-0.1, -0.05) is 12.7 Å². The van der Waals surface area contributed by atoms with Crippen LogP contribution in [0.5, 0.6) is 5.75 Å². The van der Waals surface area contributed by atoms with Crippen LogP contribution in [-0.4, -0.2) is 18.4 Å². The van der Waals surface area contributed by atoms with Crippen molar-refractivity contribution in [2.24, 2.45) is 0 Å². The first-order chi connectivity index (χ1) is 9.06. The van der Waals surface area contributed by atoms with Crippen molar-refractivity contribution in [1.82, 2.24) is 0 Å². The molecule has 1 aliphatic heterocycles. The molecule has 1 heterocycles. The Morgan fingerprint density at radius 3 is 2.11 bits per heavy atom. The van der Waals surface area contributed by atoms with Gasteiger partial charge in [0.15, 0.2) is 0 Å². The second-order valence-electron chi connectivity index (χ2n) is 4.29. The predicted molar refractivity (Wildman–Crippen MR) is 73.0 cm³/mol. The highest BCUT2D eigenvalue weighted by molar-refractivity contribution is 6.32. The summed E-state index contributed by atoms with van der Waals surface area (Å²) in [6.07, 6.45) is 1.65. The van der Waals surface area contributed by atoms with Crippen molar-refractivity contribution >= 4 is 17.5 Å². The van der Waals surface area contributed by atoms with Gasteiger partial charge >= 0.3 is 0 Å². The van der Waals surface area contributed by atoms with Crippen LogP contribution in [0.3, 0.4) is 0 Å². The van der Waals surface area contributed by atoms with Crippen molar-refractivity contribution < 1.29 is 14.3 Å². The number of anilines is 1. The SMILES string of the molecule is C=CCOc1ccc(N2C(=O)C(C)=C(C)C2=O)cc1. The molecular weight excluding hydrogens is 242 g/mol. The fourth-order valence-corrected chi connectivity index (χ4v) is 1.83. The lowest BCUT2D eigenvalue weighted by molar-refractivity contribution is -0.120. The first-order valence-corrected chi connectivity index (χ1v) is 5.96. The average molecular weight is 257 g/mol. The number of rotatable bonds is 4. The molecule has 0 aromatic heterocycles. The minimum absolute atomic E-state index is 0.262.